The third-order valence-electron chi connectivity index (χ3n) is 4.33. The quantitative estimate of drug-likeness (QED) is 0.846. The molecule has 0 heterocycles. The van der Waals surface area contributed by atoms with Crippen LogP contribution in [0.15, 0.2) is 24.3 Å². The van der Waals surface area contributed by atoms with E-state index < -0.39 is 0 Å². The first kappa shape index (κ1) is 16.0. The number of benzene rings is 1. The van der Waals surface area contributed by atoms with Crippen LogP contribution in [0.4, 0.5) is 4.39 Å². The SMILES string of the molecule is CNCC(C)C(=O)NC(c1cccc(F)c1)C1CCCC1. The number of carbonyl (C=O) groups is 1. The Labute approximate surface area is 126 Å². The van der Waals surface area contributed by atoms with Crippen molar-refractivity contribution in [2.75, 3.05) is 13.6 Å². The molecule has 1 fully saturated rings. The van der Waals surface area contributed by atoms with Gasteiger partial charge in [0.2, 0.25) is 5.91 Å². The molecule has 2 rings (SSSR count). The zero-order valence-corrected chi connectivity index (χ0v) is 12.9. The second-order valence-corrected chi connectivity index (χ2v) is 6.04. The maximum Gasteiger partial charge on any atom is 0.224 e. The largest absolute Gasteiger partial charge is 0.349 e. The van der Waals surface area contributed by atoms with E-state index in [0.717, 1.165) is 18.4 Å². The Morgan fingerprint density at radius 1 is 1.38 bits per heavy atom. The molecule has 1 saturated carbocycles. The number of hydrogen-bond acceptors (Lipinski definition) is 2. The lowest BCUT2D eigenvalue weighted by Gasteiger charge is -2.27. The summed E-state index contributed by atoms with van der Waals surface area (Å²) in [7, 11) is 1.84. The zero-order valence-electron chi connectivity index (χ0n) is 12.9. The van der Waals surface area contributed by atoms with E-state index in [0.29, 0.717) is 12.5 Å². The van der Waals surface area contributed by atoms with Gasteiger partial charge in [-0.05, 0) is 43.5 Å². The Balaban J connectivity index is 2.14. The Morgan fingerprint density at radius 2 is 2.10 bits per heavy atom. The average molecular weight is 292 g/mol. The molecule has 0 radical (unpaired) electrons. The van der Waals surface area contributed by atoms with Crippen molar-refractivity contribution in [2.24, 2.45) is 11.8 Å². The third-order valence-corrected chi connectivity index (χ3v) is 4.33. The van der Waals surface area contributed by atoms with Crippen molar-refractivity contribution in [1.82, 2.24) is 10.6 Å². The van der Waals surface area contributed by atoms with E-state index in [9.17, 15) is 9.18 Å². The molecule has 1 aliphatic rings. The number of halogens is 1. The molecule has 0 aromatic heterocycles. The summed E-state index contributed by atoms with van der Waals surface area (Å²) in [5, 5.41) is 6.16. The van der Waals surface area contributed by atoms with Crippen molar-refractivity contribution < 1.29 is 9.18 Å². The van der Waals surface area contributed by atoms with Crippen molar-refractivity contribution in [3.05, 3.63) is 35.6 Å². The van der Waals surface area contributed by atoms with Crippen LogP contribution < -0.4 is 10.6 Å². The van der Waals surface area contributed by atoms with Crippen LogP contribution in [0.2, 0.25) is 0 Å². The van der Waals surface area contributed by atoms with Crippen LogP contribution in [0.1, 0.15) is 44.2 Å². The van der Waals surface area contributed by atoms with Gasteiger partial charge in [-0.15, -0.1) is 0 Å². The molecule has 1 aromatic rings. The van der Waals surface area contributed by atoms with Crippen molar-refractivity contribution in [1.29, 1.82) is 0 Å². The first-order valence-electron chi connectivity index (χ1n) is 7.82. The standard InChI is InChI=1S/C17H25FN2O/c1-12(11-19-2)17(21)20-16(13-6-3-4-7-13)14-8-5-9-15(18)10-14/h5,8-10,12-13,16,19H,3-4,6-7,11H2,1-2H3,(H,20,21). The van der Waals surface area contributed by atoms with Gasteiger partial charge >= 0.3 is 0 Å². The number of nitrogens with one attached hydrogen (secondary N) is 2. The monoisotopic (exact) mass is 292 g/mol. The van der Waals surface area contributed by atoms with Gasteiger partial charge in [-0.2, -0.15) is 0 Å². The van der Waals surface area contributed by atoms with Crippen LogP contribution in [0, 0.1) is 17.7 Å². The minimum absolute atomic E-state index is 0.0329. The molecule has 21 heavy (non-hydrogen) atoms. The first-order valence-corrected chi connectivity index (χ1v) is 7.82. The van der Waals surface area contributed by atoms with Crippen molar-refractivity contribution in [3.63, 3.8) is 0 Å². The molecule has 2 atom stereocenters. The fraction of sp³-hybridized carbons (Fsp3) is 0.588. The summed E-state index contributed by atoms with van der Waals surface area (Å²) in [6.45, 7) is 2.55. The van der Waals surface area contributed by atoms with Crippen LogP contribution in [0.25, 0.3) is 0 Å². The Hall–Kier alpha value is -1.42. The Bertz CT molecular complexity index is 472. The van der Waals surface area contributed by atoms with Crippen LogP contribution in [0.5, 0.6) is 0 Å². The van der Waals surface area contributed by atoms with E-state index >= 15 is 0 Å². The molecule has 1 aromatic carbocycles. The Morgan fingerprint density at radius 3 is 2.71 bits per heavy atom. The van der Waals surface area contributed by atoms with E-state index in [1.54, 1.807) is 12.1 Å². The van der Waals surface area contributed by atoms with Gasteiger partial charge in [-0.25, -0.2) is 4.39 Å². The van der Waals surface area contributed by atoms with Gasteiger partial charge in [0, 0.05) is 12.5 Å². The molecule has 4 heteroatoms. The molecule has 116 valence electrons. The molecular formula is C17H25FN2O. The summed E-state index contributed by atoms with van der Waals surface area (Å²) in [4.78, 5) is 12.3. The second-order valence-electron chi connectivity index (χ2n) is 6.04. The number of hydrogen-bond donors (Lipinski definition) is 2. The summed E-state index contributed by atoms with van der Waals surface area (Å²) in [6, 6.07) is 6.55. The Kier molecular flexibility index (Phi) is 5.74. The highest BCUT2D eigenvalue weighted by Crippen LogP contribution is 2.36. The maximum absolute atomic E-state index is 13.5. The fourth-order valence-corrected chi connectivity index (χ4v) is 3.16. The predicted octanol–water partition coefficient (Wildman–Crippen LogP) is 3.03. The lowest BCUT2D eigenvalue weighted by molar-refractivity contribution is -0.125. The molecule has 1 aliphatic carbocycles. The minimum Gasteiger partial charge on any atom is -0.349 e. The molecule has 1 amide bonds. The minimum atomic E-state index is -0.243. The average Bonchev–Trinajstić information content (AvgIpc) is 2.98. The van der Waals surface area contributed by atoms with Gasteiger partial charge < -0.3 is 10.6 Å². The van der Waals surface area contributed by atoms with Gasteiger partial charge in [0.05, 0.1) is 6.04 Å². The van der Waals surface area contributed by atoms with Crippen molar-refractivity contribution >= 4 is 5.91 Å². The number of rotatable bonds is 6. The topological polar surface area (TPSA) is 41.1 Å². The van der Waals surface area contributed by atoms with Gasteiger partial charge in [0.15, 0.2) is 0 Å². The summed E-state index contributed by atoms with van der Waals surface area (Å²) < 4.78 is 13.5. The predicted molar refractivity (Wildman–Crippen MR) is 82.3 cm³/mol. The number of amides is 1. The van der Waals surface area contributed by atoms with Crippen LogP contribution in [-0.4, -0.2) is 19.5 Å². The fourth-order valence-electron chi connectivity index (χ4n) is 3.16. The highest BCUT2D eigenvalue weighted by Gasteiger charge is 2.29. The second kappa shape index (κ2) is 7.55. The van der Waals surface area contributed by atoms with Gasteiger partial charge in [0.25, 0.3) is 0 Å². The smallest absolute Gasteiger partial charge is 0.224 e. The van der Waals surface area contributed by atoms with Crippen LogP contribution >= 0.6 is 0 Å². The lowest BCUT2D eigenvalue weighted by atomic mass is 9.91. The molecule has 3 nitrogen and oxygen atoms in total. The summed E-state index contributed by atoms with van der Waals surface area (Å²) in [5.41, 5.74) is 0.881. The molecular weight excluding hydrogens is 267 g/mol. The van der Waals surface area contributed by atoms with Crippen LogP contribution in [-0.2, 0) is 4.79 Å². The molecule has 2 unspecified atom stereocenters. The molecule has 0 spiro atoms. The van der Waals surface area contributed by atoms with E-state index in [1.165, 1.54) is 18.9 Å². The molecule has 2 N–H and O–H groups in total. The van der Waals surface area contributed by atoms with Crippen molar-refractivity contribution in [2.45, 2.75) is 38.6 Å². The maximum atomic E-state index is 13.5. The molecule has 0 saturated heterocycles. The van der Waals surface area contributed by atoms with E-state index in [-0.39, 0.29) is 23.7 Å². The zero-order chi connectivity index (χ0) is 15.2. The highest BCUT2D eigenvalue weighted by molar-refractivity contribution is 5.79. The lowest BCUT2D eigenvalue weighted by Crippen LogP contribution is -2.39. The first-order chi connectivity index (χ1) is 10.1. The van der Waals surface area contributed by atoms with Crippen molar-refractivity contribution in [3.8, 4) is 0 Å². The van der Waals surface area contributed by atoms with Gasteiger partial charge in [-0.1, -0.05) is 31.9 Å². The summed E-state index contributed by atoms with van der Waals surface area (Å²) in [5.74, 6) is 0.114. The molecule has 0 bridgehead atoms. The van der Waals surface area contributed by atoms with E-state index in [4.69, 9.17) is 0 Å². The van der Waals surface area contributed by atoms with E-state index in [1.807, 2.05) is 20.0 Å². The summed E-state index contributed by atoms with van der Waals surface area (Å²) >= 11 is 0. The highest BCUT2D eigenvalue weighted by atomic mass is 19.1. The normalized spacial score (nSPS) is 18.4. The van der Waals surface area contributed by atoms with Gasteiger partial charge in [-0.3, -0.25) is 4.79 Å². The number of carbonyl (C=O) groups excluding carboxylic acids is 1. The van der Waals surface area contributed by atoms with E-state index in [2.05, 4.69) is 10.6 Å². The third kappa shape index (κ3) is 4.27. The van der Waals surface area contributed by atoms with Gasteiger partial charge in [0.1, 0.15) is 5.82 Å². The van der Waals surface area contributed by atoms with Crippen LogP contribution in [0.3, 0.4) is 0 Å². The summed E-state index contributed by atoms with van der Waals surface area (Å²) in [6.07, 6.45) is 4.58. The molecule has 0 aliphatic heterocycles.